The first-order valence-corrected chi connectivity index (χ1v) is 7.30. The smallest absolute Gasteiger partial charge is 0.244 e. The molecular formula is C16H14Cl2N2O2. The van der Waals surface area contributed by atoms with E-state index in [0.29, 0.717) is 15.6 Å². The fraction of sp³-hybridized carbons (Fsp3) is 0.125. The van der Waals surface area contributed by atoms with Crippen LogP contribution in [0.4, 0.5) is 0 Å². The Hall–Kier alpha value is -1.88. The van der Waals surface area contributed by atoms with Crippen molar-refractivity contribution < 1.29 is 9.90 Å². The van der Waals surface area contributed by atoms with Crippen molar-refractivity contribution in [2.24, 2.45) is 0 Å². The molecular weight excluding hydrogens is 323 g/mol. The number of aliphatic hydroxyl groups is 1. The summed E-state index contributed by atoms with van der Waals surface area (Å²) in [7, 11) is 0. The Morgan fingerprint density at radius 3 is 2.68 bits per heavy atom. The predicted molar refractivity (Wildman–Crippen MR) is 87.7 cm³/mol. The molecule has 0 spiro atoms. The highest BCUT2D eigenvalue weighted by molar-refractivity contribution is 6.34. The molecule has 0 unspecified atom stereocenters. The third kappa shape index (κ3) is 5.15. The molecule has 0 aliphatic rings. The van der Waals surface area contributed by atoms with Gasteiger partial charge in [-0.3, -0.25) is 9.78 Å². The van der Waals surface area contributed by atoms with Crippen molar-refractivity contribution in [1.29, 1.82) is 0 Å². The molecule has 0 bridgehead atoms. The molecule has 0 saturated carbocycles. The topological polar surface area (TPSA) is 62.2 Å². The second-order valence-electron chi connectivity index (χ2n) is 4.58. The fourth-order valence-electron chi connectivity index (χ4n) is 1.79. The van der Waals surface area contributed by atoms with Crippen LogP contribution in [-0.4, -0.2) is 22.5 Å². The van der Waals surface area contributed by atoms with Crippen LogP contribution in [0, 0.1) is 0 Å². The molecule has 2 aromatic rings. The van der Waals surface area contributed by atoms with Crippen LogP contribution in [0.1, 0.15) is 17.2 Å². The number of amides is 1. The van der Waals surface area contributed by atoms with Crippen LogP contribution in [0.25, 0.3) is 6.08 Å². The minimum absolute atomic E-state index is 0.0624. The van der Waals surface area contributed by atoms with Gasteiger partial charge in [-0.05, 0) is 41.5 Å². The first-order valence-electron chi connectivity index (χ1n) is 6.54. The van der Waals surface area contributed by atoms with E-state index in [1.165, 1.54) is 6.08 Å². The Kier molecular flexibility index (Phi) is 5.95. The monoisotopic (exact) mass is 336 g/mol. The molecule has 4 nitrogen and oxygen atoms in total. The van der Waals surface area contributed by atoms with E-state index >= 15 is 0 Å². The van der Waals surface area contributed by atoms with Crippen molar-refractivity contribution in [3.05, 3.63) is 70.0 Å². The number of carbonyl (C=O) groups is 1. The molecule has 0 radical (unpaired) electrons. The van der Waals surface area contributed by atoms with Gasteiger partial charge in [-0.1, -0.05) is 29.3 Å². The van der Waals surface area contributed by atoms with Gasteiger partial charge in [-0.2, -0.15) is 0 Å². The van der Waals surface area contributed by atoms with Crippen molar-refractivity contribution in [3.8, 4) is 0 Å². The maximum Gasteiger partial charge on any atom is 0.244 e. The van der Waals surface area contributed by atoms with Crippen molar-refractivity contribution in [2.75, 3.05) is 6.54 Å². The van der Waals surface area contributed by atoms with Crippen molar-refractivity contribution in [2.45, 2.75) is 6.10 Å². The van der Waals surface area contributed by atoms with E-state index < -0.39 is 6.10 Å². The van der Waals surface area contributed by atoms with Gasteiger partial charge in [0.05, 0.1) is 6.10 Å². The second-order valence-corrected chi connectivity index (χ2v) is 5.46. The van der Waals surface area contributed by atoms with E-state index in [0.717, 1.165) is 5.56 Å². The summed E-state index contributed by atoms with van der Waals surface area (Å²) >= 11 is 11.7. The number of benzene rings is 1. The summed E-state index contributed by atoms with van der Waals surface area (Å²) in [6.07, 6.45) is 5.45. The van der Waals surface area contributed by atoms with Gasteiger partial charge >= 0.3 is 0 Å². The average Bonchev–Trinajstić information content (AvgIpc) is 2.50. The Morgan fingerprint density at radius 1 is 1.32 bits per heavy atom. The molecule has 0 aliphatic carbocycles. The molecule has 2 N–H and O–H groups in total. The van der Waals surface area contributed by atoms with Crippen LogP contribution in [0.3, 0.4) is 0 Å². The normalized spacial score (nSPS) is 12.3. The maximum atomic E-state index is 11.7. The van der Waals surface area contributed by atoms with E-state index in [4.69, 9.17) is 23.2 Å². The summed E-state index contributed by atoms with van der Waals surface area (Å²) in [6, 6.07) is 8.41. The quantitative estimate of drug-likeness (QED) is 0.824. The van der Waals surface area contributed by atoms with Crippen LogP contribution >= 0.6 is 23.2 Å². The summed E-state index contributed by atoms with van der Waals surface area (Å²) in [5, 5.41) is 13.5. The Balaban J connectivity index is 1.89. The standard InChI is InChI=1S/C16H14Cl2N2O2/c17-13-6-12(7-14(18)8-13)15(21)10-20-16(22)4-3-11-2-1-5-19-9-11/h1-9,15,21H,10H2,(H,20,22)/b4-3+/t15-/m0/s1. The molecule has 0 fully saturated rings. The van der Waals surface area contributed by atoms with Gasteiger partial charge in [0, 0.05) is 35.1 Å². The average molecular weight is 337 g/mol. The van der Waals surface area contributed by atoms with E-state index in [2.05, 4.69) is 10.3 Å². The molecule has 0 saturated heterocycles. The summed E-state index contributed by atoms with van der Waals surface area (Å²) in [5.41, 5.74) is 1.37. The first kappa shape index (κ1) is 16.5. The lowest BCUT2D eigenvalue weighted by atomic mass is 10.1. The molecule has 2 rings (SSSR count). The molecule has 1 aromatic heterocycles. The molecule has 22 heavy (non-hydrogen) atoms. The van der Waals surface area contributed by atoms with E-state index in [9.17, 15) is 9.90 Å². The molecule has 1 atom stereocenters. The van der Waals surface area contributed by atoms with Gasteiger partial charge in [0.25, 0.3) is 0 Å². The van der Waals surface area contributed by atoms with E-state index in [1.807, 2.05) is 6.07 Å². The number of aromatic nitrogens is 1. The number of carbonyl (C=O) groups excluding carboxylic acids is 1. The van der Waals surface area contributed by atoms with Crippen molar-refractivity contribution in [3.63, 3.8) is 0 Å². The first-order chi connectivity index (χ1) is 10.5. The number of hydrogen-bond acceptors (Lipinski definition) is 3. The zero-order valence-electron chi connectivity index (χ0n) is 11.5. The highest BCUT2D eigenvalue weighted by Gasteiger charge is 2.10. The minimum atomic E-state index is -0.882. The van der Waals surface area contributed by atoms with Gasteiger partial charge < -0.3 is 10.4 Å². The summed E-state index contributed by atoms with van der Waals surface area (Å²) in [4.78, 5) is 15.6. The molecule has 1 amide bonds. The number of pyridine rings is 1. The number of hydrogen-bond donors (Lipinski definition) is 2. The highest BCUT2D eigenvalue weighted by Crippen LogP contribution is 2.23. The summed E-state index contributed by atoms with van der Waals surface area (Å²) in [5.74, 6) is -0.309. The summed E-state index contributed by atoms with van der Waals surface area (Å²) in [6.45, 7) is 0.0624. The molecule has 1 aromatic carbocycles. The fourth-order valence-corrected chi connectivity index (χ4v) is 2.33. The van der Waals surface area contributed by atoms with Gasteiger partial charge in [0.1, 0.15) is 0 Å². The Labute approximate surface area is 138 Å². The lowest BCUT2D eigenvalue weighted by Gasteiger charge is -2.12. The highest BCUT2D eigenvalue weighted by atomic mass is 35.5. The predicted octanol–water partition coefficient (Wildman–Crippen LogP) is 3.25. The van der Waals surface area contributed by atoms with Crippen LogP contribution < -0.4 is 5.32 Å². The molecule has 1 heterocycles. The van der Waals surface area contributed by atoms with Crippen molar-refractivity contribution >= 4 is 35.2 Å². The number of rotatable bonds is 5. The van der Waals surface area contributed by atoms with Gasteiger partial charge in [-0.15, -0.1) is 0 Å². The minimum Gasteiger partial charge on any atom is -0.387 e. The van der Waals surface area contributed by atoms with Gasteiger partial charge in [0.15, 0.2) is 0 Å². The van der Waals surface area contributed by atoms with E-state index in [-0.39, 0.29) is 12.5 Å². The van der Waals surface area contributed by atoms with Crippen LogP contribution in [0.15, 0.2) is 48.8 Å². The lowest BCUT2D eigenvalue weighted by Crippen LogP contribution is -2.26. The zero-order chi connectivity index (χ0) is 15.9. The number of nitrogens with one attached hydrogen (secondary N) is 1. The third-order valence-corrected chi connectivity index (χ3v) is 3.29. The zero-order valence-corrected chi connectivity index (χ0v) is 13.1. The number of halogens is 2. The largest absolute Gasteiger partial charge is 0.387 e. The second kappa shape index (κ2) is 7.94. The lowest BCUT2D eigenvalue weighted by molar-refractivity contribution is -0.116. The molecule has 114 valence electrons. The van der Waals surface area contributed by atoms with Crippen LogP contribution in [0.2, 0.25) is 10.0 Å². The summed E-state index contributed by atoms with van der Waals surface area (Å²) < 4.78 is 0. The van der Waals surface area contributed by atoms with Gasteiger partial charge in [-0.25, -0.2) is 0 Å². The third-order valence-electron chi connectivity index (χ3n) is 2.85. The number of nitrogens with zero attached hydrogens (tertiary/aromatic N) is 1. The van der Waals surface area contributed by atoms with Crippen molar-refractivity contribution in [1.82, 2.24) is 10.3 Å². The molecule has 6 heteroatoms. The number of aliphatic hydroxyl groups excluding tert-OH is 1. The van der Waals surface area contributed by atoms with Crippen LogP contribution in [-0.2, 0) is 4.79 Å². The van der Waals surface area contributed by atoms with Crippen LogP contribution in [0.5, 0.6) is 0 Å². The van der Waals surface area contributed by atoms with Gasteiger partial charge in [0.2, 0.25) is 5.91 Å². The SMILES string of the molecule is O=C(/C=C/c1cccnc1)NC[C@H](O)c1cc(Cl)cc(Cl)c1. The molecule has 0 aliphatic heterocycles. The Morgan fingerprint density at radius 2 is 2.05 bits per heavy atom. The Bertz CT molecular complexity index is 655. The van der Waals surface area contributed by atoms with E-state index in [1.54, 1.807) is 42.7 Å². The maximum absolute atomic E-state index is 11.7.